The van der Waals surface area contributed by atoms with Gasteiger partial charge in [0.25, 0.3) is 11.5 Å². The van der Waals surface area contributed by atoms with Crippen LogP contribution in [0.1, 0.15) is 10.4 Å². The fraction of sp³-hybridized carbons (Fsp3) is 0. The van der Waals surface area contributed by atoms with Crippen LogP contribution in [-0.2, 0) is 0 Å². The van der Waals surface area contributed by atoms with E-state index in [1.54, 1.807) is 54.6 Å². The van der Waals surface area contributed by atoms with Gasteiger partial charge in [-0.15, -0.1) is 0 Å². The summed E-state index contributed by atoms with van der Waals surface area (Å²) in [6.07, 6.45) is 1.53. The van der Waals surface area contributed by atoms with Gasteiger partial charge in [-0.05, 0) is 48.5 Å². The molecule has 0 unspecified atom stereocenters. The smallest absolute Gasteiger partial charge is 0.259 e. The highest BCUT2D eigenvalue weighted by Crippen LogP contribution is 2.20. The minimum Gasteiger partial charge on any atom is -0.383 e. The van der Waals surface area contributed by atoms with Crippen LogP contribution < -0.4 is 16.6 Å². The van der Waals surface area contributed by atoms with Gasteiger partial charge in [0.1, 0.15) is 11.6 Å². The summed E-state index contributed by atoms with van der Waals surface area (Å²) in [5.41, 5.74) is 7.79. The van der Waals surface area contributed by atoms with Crippen LogP contribution in [0.15, 0.2) is 71.7 Å². The lowest BCUT2D eigenvalue weighted by molar-refractivity contribution is 0.102. The molecule has 0 radical (unpaired) electrons. The van der Waals surface area contributed by atoms with Crippen LogP contribution in [0, 0.1) is 0 Å². The first-order chi connectivity index (χ1) is 13.1. The second-order valence-electron chi connectivity index (χ2n) is 5.90. The Bertz CT molecular complexity index is 1200. The number of hydrogen-bond acceptors (Lipinski definition) is 5. The first-order valence-electron chi connectivity index (χ1n) is 8.23. The van der Waals surface area contributed by atoms with E-state index in [9.17, 15) is 9.59 Å². The molecule has 0 aliphatic rings. The predicted molar refractivity (Wildman–Crippen MR) is 104 cm³/mol. The van der Waals surface area contributed by atoms with Gasteiger partial charge < -0.3 is 16.0 Å². The minimum atomic E-state index is -0.342. The third-order valence-corrected chi connectivity index (χ3v) is 4.11. The van der Waals surface area contributed by atoms with Crippen molar-refractivity contribution in [1.82, 2.24) is 15.0 Å². The van der Waals surface area contributed by atoms with Crippen LogP contribution in [0.4, 0.5) is 11.5 Å². The summed E-state index contributed by atoms with van der Waals surface area (Å²) in [7, 11) is 0. The Morgan fingerprint density at radius 2 is 1.78 bits per heavy atom. The maximum absolute atomic E-state index is 12.3. The van der Waals surface area contributed by atoms with E-state index in [2.05, 4.69) is 20.3 Å². The van der Waals surface area contributed by atoms with E-state index in [1.807, 2.05) is 6.07 Å². The summed E-state index contributed by atoms with van der Waals surface area (Å²) in [4.78, 5) is 35.7. The Hall–Kier alpha value is -4.00. The molecule has 4 aromatic rings. The van der Waals surface area contributed by atoms with Crippen LogP contribution in [0.2, 0.25) is 0 Å². The number of anilines is 2. The molecule has 0 aliphatic heterocycles. The Labute approximate surface area is 153 Å². The number of nitrogens with one attached hydrogen (secondary N) is 2. The number of fused-ring (bicyclic) bond motifs is 1. The number of hydrogen-bond donors (Lipinski definition) is 3. The highest BCUT2D eigenvalue weighted by Gasteiger charge is 2.11. The van der Waals surface area contributed by atoms with Crippen molar-refractivity contribution in [2.75, 3.05) is 11.1 Å². The number of para-hydroxylation sites is 1. The standard InChI is InChI=1S/C20H15N5O2/c21-17-15(5-3-11-22-17)20(27)23-13-9-7-12(8-10-13)18-24-16-6-2-1-4-14(16)19(26)25-18/h1-11H,(H2,21,22)(H,23,27)(H,24,25,26). The zero-order valence-corrected chi connectivity index (χ0v) is 14.1. The summed E-state index contributed by atoms with van der Waals surface area (Å²) in [5.74, 6) is 0.295. The summed E-state index contributed by atoms with van der Waals surface area (Å²) in [6, 6.07) is 17.4. The summed E-state index contributed by atoms with van der Waals surface area (Å²) in [5, 5.41) is 3.31. The van der Waals surface area contributed by atoms with Gasteiger partial charge in [0.2, 0.25) is 0 Å². The predicted octanol–water partition coefficient (Wildman–Crippen LogP) is 2.82. The van der Waals surface area contributed by atoms with E-state index >= 15 is 0 Å². The molecule has 0 saturated carbocycles. The topological polar surface area (TPSA) is 114 Å². The van der Waals surface area contributed by atoms with Crippen molar-refractivity contribution in [3.05, 3.63) is 82.8 Å². The lowest BCUT2D eigenvalue weighted by atomic mass is 10.1. The quantitative estimate of drug-likeness (QED) is 0.522. The fourth-order valence-corrected chi connectivity index (χ4v) is 2.74. The van der Waals surface area contributed by atoms with Gasteiger partial charge in [-0.25, -0.2) is 9.97 Å². The largest absolute Gasteiger partial charge is 0.383 e. The van der Waals surface area contributed by atoms with Gasteiger partial charge in [0.15, 0.2) is 0 Å². The molecule has 27 heavy (non-hydrogen) atoms. The number of amides is 1. The zero-order chi connectivity index (χ0) is 18.8. The Balaban J connectivity index is 1.60. The first kappa shape index (κ1) is 16.5. The van der Waals surface area contributed by atoms with Crippen molar-refractivity contribution in [3.8, 4) is 11.4 Å². The Kier molecular flexibility index (Phi) is 4.10. The third kappa shape index (κ3) is 3.25. The number of aromatic nitrogens is 3. The molecule has 2 aromatic carbocycles. The summed E-state index contributed by atoms with van der Waals surface area (Å²) in [6.45, 7) is 0. The molecule has 0 atom stereocenters. The molecule has 1 amide bonds. The molecule has 0 spiro atoms. The van der Waals surface area contributed by atoms with E-state index in [4.69, 9.17) is 5.73 Å². The van der Waals surface area contributed by atoms with E-state index < -0.39 is 0 Å². The molecule has 7 nitrogen and oxygen atoms in total. The molecule has 2 heterocycles. The summed E-state index contributed by atoms with van der Waals surface area (Å²) >= 11 is 0. The van der Waals surface area contributed by atoms with Crippen LogP contribution in [-0.4, -0.2) is 20.9 Å². The van der Waals surface area contributed by atoms with E-state index in [1.165, 1.54) is 6.20 Å². The Morgan fingerprint density at radius 1 is 1.00 bits per heavy atom. The molecule has 4 N–H and O–H groups in total. The van der Waals surface area contributed by atoms with Gasteiger partial charge >= 0.3 is 0 Å². The molecular formula is C20H15N5O2. The summed E-state index contributed by atoms with van der Waals surface area (Å²) < 4.78 is 0. The molecule has 0 saturated heterocycles. The van der Waals surface area contributed by atoms with Gasteiger partial charge in [-0.3, -0.25) is 9.59 Å². The lowest BCUT2D eigenvalue weighted by Crippen LogP contribution is -2.14. The van der Waals surface area contributed by atoms with Gasteiger partial charge in [0.05, 0.1) is 16.5 Å². The van der Waals surface area contributed by atoms with Gasteiger partial charge in [-0.1, -0.05) is 12.1 Å². The molecule has 132 valence electrons. The van der Waals surface area contributed by atoms with E-state index in [0.717, 1.165) is 5.56 Å². The number of carbonyl (C=O) groups excluding carboxylic acids is 1. The van der Waals surface area contributed by atoms with Crippen LogP contribution in [0.5, 0.6) is 0 Å². The molecule has 0 bridgehead atoms. The van der Waals surface area contributed by atoms with Crippen molar-refractivity contribution in [3.63, 3.8) is 0 Å². The number of nitrogens with zero attached hydrogens (tertiary/aromatic N) is 2. The van der Waals surface area contributed by atoms with Gasteiger partial charge in [-0.2, -0.15) is 0 Å². The number of nitrogen functional groups attached to an aromatic ring is 1. The van der Waals surface area contributed by atoms with E-state index in [-0.39, 0.29) is 17.3 Å². The highest BCUT2D eigenvalue weighted by atomic mass is 16.1. The van der Waals surface area contributed by atoms with Crippen LogP contribution >= 0.6 is 0 Å². The maximum Gasteiger partial charge on any atom is 0.259 e. The third-order valence-electron chi connectivity index (χ3n) is 4.11. The van der Waals surface area contributed by atoms with Gasteiger partial charge in [0, 0.05) is 17.4 Å². The second-order valence-corrected chi connectivity index (χ2v) is 5.90. The molecule has 4 rings (SSSR count). The van der Waals surface area contributed by atoms with Crippen molar-refractivity contribution >= 4 is 28.3 Å². The zero-order valence-electron chi connectivity index (χ0n) is 14.1. The SMILES string of the molecule is Nc1ncccc1C(=O)Nc1ccc(-c2nc3ccccc3c(=O)[nH]2)cc1. The average Bonchev–Trinajstić information content (AvgIpc) is 2.69. The number of aromatic amines is 1. The van der Waals surface area contributed by atoms with Crippen molar-refractivity contribution in [2.24, 2.45) is 0 Å². The molecule has 0 aliphatic carbocycles. The number of carbonyl (C=O) groups is 1. The fourth-order valence-electron chi connectivity index (χ4n) is 2.74. The lowest BCUT2D eigenvalue weighted by Gasteiger charge is -2.08. The van der Waals surface area contributed by atoms with Crippen LogP contribution in [0.25, 0.3) is 22.3 Å². The maximum atomic E-state index is 12.3. The van der Waals surface area contributed by atoms with Crippen molar-refractivity contribution in [1.29, 1.82) is 0 Å². The average molecular weight is 357 g/mol. The highest BCUT2D eigenvalue weighted by molar-refractivity contribution is 6.07. The van der Waals surface area contributed by atoms with Crippen LogP contribution in [0.3, 0.4) is 0 Å². The number of H-pyrrole nitrogens is 1. The molecule has 0 fully saturated rings. The molecule has 7 heteroatoms. The number of pyridine rings is 1. The number of rotatable bonds is 3. The second kappa shape index (κ2) is 6.72. The normalized spacial score (nSPS) is 10.7. The van der Waals surface area contributed by atoms with Crippen molar-refractivity contribution < 1.29 is 4.79 Å². The molecule has 2 aromatic heterocycles. The Morgan fingerprint density at radius 3 is 2.56 bits per heavy atom. The minimum absolute atomic E-state index is 0.171. The van der Waals surface area contributed by atoms with Crippen molar-refractivity contribution in [2.45, 2.75) is 0 Å². The number of nitrogens with two attached hydrogens (primary N) is 1. The first-order valence-corrected chi connectivity index (χ1v) is 8.23. The number of benzene rings is 2. The monoisotopic (exact) mass is 357 g/mol. The molecular weight excluding hydrogens is 342 g/mol. The van der Waals surface area contributed by atoms with E-state index in [0.29, 0.717) is 28.0 Å².